The van der Waals surface area contributed by atoms with Crippen LogP contribution in [0.15, 0.2) is 0 Å². The first-order valence-corrected chi connectivity index (χ1v) is 10.3. The maximum atomic E-state index is 3.74. The maximum absolute atomic E-state index is 3.74. The third kappa shape index (κ3) is 4.69. The third-order valence-electron chi connectivity index (χ3n) is 3.75. The van der Waals surface area contributed by atoms with Crippen LogP contribution in [-0.2, 0) is 0 Å². The van der Waals surface area contributed by atoms with Gasteiger partial charge in [0.05, 0.1) is 0 Å². The summed E-state index contributed by atoms with van der Waals surface area (Å²) in [6.45, 7) is 13.5. The Morgan fingerprint density at radius 3 is 2.00 bits per heavy atom. The summed E-state index contributed by atoms with van der Waals surface area (Å²) < 4.78 is 0. The van der Waals surface area contributed by atoms with Crippen LogP contribution in [0.5, 0.6) is 0 Å². The Bertz CT molecular complexity index is 187. The van der Waals surface area contributed by atoms with E-state index in [9.17, 15) is 0 Å². The third-order valence-corrected chi connectivity index (χ3v) is 5.56. The van der Waals surface area contributed by atoms with Crippen LogP contribution in [0.2, 0.25) is 25.7 Å². The molecule has 0 aromatic carbocycles. The second-order valence-corrected chi connectivity index (χ2v) is 12.1. The number of nitrogens with one attached hydrogen (secondary N) is 1. The summed E-state index contributed by atoms with van der Waals surface area (Å²) in [6, 6.07) is 2.34. The van der Waals surface area contributed by atoms with E-state index in [1.165, 1.54) is 38.3 Å². The zero-order valence-corrected chi connectivity index (χ0v) is 12.3. The molecule has 0 unspecified atom stereocenters. The molecule has 0 heterocycles. The van der Waals surface area contributed by atoms with Gasteiger partial charge in [0.1, 0.15) is 0 Å². The lowest BCUT2D eigenvalue weighted by Gasteiger charge is -2.37. The van der Waals surface area contributed by atoms with Crippen molar-refractivity contribution in [3.8, 4) is 0 Å². The molecular formula is C13H29NSi. The lowest BCUT2D eigenvalue weighted by atomic mass is 9.84. The van der Waals surface area contributed by atoms with Crippen LogP contribution < -0.4 is 5.32 Å². The van der Waals surface area contributed by atoms with Crippen molar-refractivity contribution in [3.63, 3.8) is 0 Å². The molecule has 2 heteroatoms. The zero-order valence-electron chi connectivity index (χ0n) is 11.3. The van der Waals surface area contributed by atoms with Crippen LogP contribution in [0.25, 0.3) is 0 Å². The van der Waals surface area contributed by atoms with E-state index in [4.69, 9.17) is 0 Å². The van der Waals surface area contributed by atoms with E-state index >= 15 is 0 Å². The van der Waals surface area contributed by atoms with E-state index in [2.05, 4.69) is 38.8 Å². The molecular weight excluding hydrogens is 198 g/mol. The predicted octanol–water partition coefficient (Wildman–Crippen LogP) is 3.88. The molecule has 0 aliphatic heterocycles. The molecule has 1 aliphatic rings. The average molecular weight is 227 g/mol. The molecule has 0 bridgehead atoms. The topological polar surface area (TPSA) is 12.0 Å². The van der Waals surface area contributed by atoms with Crippen molar-refractivity contribution in [2.75, 3.05) is 6.54 Å². The summed E-state index contributed by atoms with van der Waals surface area (Å²) in [4.78, 5) is 0. The molecule has 1 aliphatic carbocycles. The molecule has 0 atom stereocenters. The molecule has 1 N–H and O–H groups in total. The Balaban J connectivity index is 2.49. The van der Waals surface area contributed by atoms with Gasteiger partial charge in [0.15, 0.2) is 0 Å². The maximum Gasteiger partial charge on any atom is 0.0448 e. The largest absolute Gasteiger partial charge is 0.313 e. The molecule has 1 rings (SSSR count). The standard InChI is InChI=1S/C13H29NSi/c1-6-13(7-2,11-15(3,4)5)10-14-12-8-9-12/h12,14H,6-11H2,1-5H3. The van der Waals surface area contributed by atoms with Crippen molar-refractivity contribution in [2.45, 2.75) is 71.3 Å². The van der Waals surface area contributed by atoms with Crippen molar-refractivity contribution < 1.29 is 0 Å². The van der Waals surface area contributed by atoms with Gasteiger partial charge < -0.3 is 5.32 Å². The van der Waals surface area contributed by atoms with Gasteiger partial charge in [-0.2, -0.15) is 0 Å². The highest BCUT2D eigenvalue weighted by Crippen LogP contribution is 2.36. The summed E-state index contributed by atoms with van der Waals surface area (Å²) in [5.41, 5.74) is 0.590. The molecule has 0 aromatic rings. The van der Waals surface area contributed by atoms with Gasteiger partial charge in [-0.3, -0.25) is 0 Å². The first-order chi connectivity index (χ1) is 6.91. The SMILES string of the molecule is CCC(CC)(CNC1CC1)C[Si](C)(C)C. The van der Waals surface area contributed by atoms with Crippen molar-refractivity contribution in [3.05, 3.63) is 0 Å². The highest BCUT2D eigenvalue weighted by molar-refractivity contribution is 6.76. The van der Waals surface area contributed by atoms with Crippen molar-refractivity contribution >= 4 is 8.07 Å². The molecule has 1 saturated carbocycles. The van der Waals surface area contributed by atoms with Gasteiger partial charge in [0.25, 0.3) is 0 Å². The normalized spacial score (nSPS) is 18.2. The fraction of sp³-hybridized carbons (Fsp3) is 1.00. The number of hydrogen-bond acceptors (Lipinski definition) is 1. The summed E-state index contributed by atoms with van der Waals surface area (Å²) >= 11 is 0. The first-order valence-electron chi connectivity index (χ1n) is 6.64. The summed E-state index contributed by atoms with van der Waals surface area (Å²) in [6.07, 6.45) is 5.51. The van der Waals surface area contributed by atoms with Crippen LogP contribution in [-0.4, -0.2) is 20.7 Å². The van der Waals surface area contributed by atoms with E-state index in [1.807, 2.05) is 0 Å². The smallest absolute Gasteiger partial charge is 0.0448 e. The van der Waals surface area contributed by atoms with Crippen LogP contribution in [0.3, 0.4) is 0 Å². The quantitative estimate of drug-likeness (QED) is 0.651. The zero-order chi connectivity index (χ0) is 11.5. The van der Waals surface area contributed by atoms with Gasteiger partial charge in [-0.15, -0.1) is 0 Å². The number of rotatable bonds is 7. The van der Waals surface area contributed by atoms with Crippen LogP contribution >= 0.6 is 0 Å². The molecule has 0 amide bonds. The highest BCUT2D eigenvalue weighted by Gasteiger charge is 2.33. The molecule has 1 nitrogen and oxygen atoms in total. The minimum Gasteiger partial charge on any atom is -0.313 e. The average Bonchev–Trinajstić information content (AvgIpc) is 2.94. The van der Waals surface area contributed by atoms with E-state index in [-0.39, 0.29) is 0 Å². The van der Waals surface area contributed by atoms with E-state index in [0.29, 0.717) is 5.41 Å². The van der Waals surface area contributed by atoms with Gasteiger partial charge in [0.2, 0.25) is 0 Å². The van der Waals surface area contributed by atoms with Gasteiger partial charge >= 0.3 is 0 Å². The molecule has 0 radical (unpaired) electrons. The van der Waals surface area contributed by atoms with Crippen molar-refractivity contribution in [1.82, 2.24) is 5.32 Å². The van der Waals surface area contributed by atoms with E-state index in [1.54, 1.807) is 0 Å². The molecule has 90 valence electrons. The van der Waals surface area contributed by atoms with Gasteiger partial charge in [-0.05, 0) is 31.1 Å². The summed E-state index contributed by atoms with van der Waals surface area (Å²) in [5.74, 6) is 0. The second kappa shape index (κ2) is 5.01. The van der Waals surface area contributed by atoms with Crippen LogP contribution in [0.4, 0.5) is 0 Å². The fourth-order valence-corrected chi connectivity index (χ4v) is 5.46. The molecule has 1 fully saturated rings. The minimum absolute atomic E-state index is 0.590. The van der Waals surface area contributed by atoms with E-state index < -0.39 is 8.07 Å². The minimum atomic E-state index is -0.926. The Kier molecular flexibility index (Phi) is 4.42. The summed E-state index contributed by atoms with van der Waals surface area (Å²) in [5, 5.41) is 3.74. The Morgan fingerprint density at radius 1 is 1.13 bits per heavy atom. The van der Waals surface area contributed by atoms with Gasteiger partial charge in [-0.1, -0.05) is 39.5 Å². The molecule has 15 heavy (non-hydrogen) atoms. The molecule has 0 saturated heterocycles. The van der Waals surface area contributed by atoms with Gasteiger partial charge in [0, 0.05) is 20.7 Å². The monoisotopic (exact) mass is 227 g/mol. The lowest BCUT2D eigenvalue weighted by molar-refractivity contribution is 0.277. The fourth-order valence-electron chi connectivity index (χ4n) is 2.59. The van der Waals surface area contributed by atoms with Gasteiger partial charge in [-0.25, -0.2) is 0 Å². The van der Waals surface area contributed by atoms with Crippen LogP contribution in [0.1, 0.15) is 39.5 Å². The number of hydrogen-bond donors (Lipinski definition) is 1. The second-order valence-electron chi connectivity index (χ2n) is 6.60. The lowest BCUT2D eigenvalue weighted by Crippen LogP contribution is -2.40. The Labute approximate surface area is 97.0 Å². The first kappa shape index (κ1) is 13.2. The van der Waals surface area contributed by atoms with Crippen molar-refractivity contribution in [1.29, 1.82) is 0 Å². The predicted molar refractivity (Wildman–Crippen MR) is 72.2 cm³/mol. The molecule has 0 aromatic heterocycles. The Morgan fingerprint density at radius 2 is 1.67 bits per heavy atom. The molecule has 0 spiro atoms. The van der Waals surface area contributed by atoms with E-state index in [0.717, 1.165) is 6.04 Å². The highest BCUT2D eigenvalue weighted by atomic mass is 28.3. The van der Waals surface area contributed by atoms with Crippen LogP contribution in [0, 0.1) is 5.41 Å². The van der Waals surface area contributed by atoms with Crippen molar-refractivity contribution in [2.24, 2.45) is 5.41 Å². The summed E-state index contributed by atoms with van der Waals surface area (Å²) in [7, 11) is -0.926. The Hall–Kier alpha value is 0.177.